The van der Waals surface area contributed by atoms with Gasteiger partial charge >= 0.3 is 5.97 Å². The van der Waals surface area contributed by atoms with Crippen molar-refractivity contribution >= 4 is 22.6 Å². The molecule has 3 rings (SSSR count). The van der Waals surface area contributed by atoms with Crippen molar-refractivity contribution in [3.8, 4) is 0 Å². The zero-order valence-corrected chi connectivity index (χ0v) is 12.7. The van der Waals surface area contributed by atoms with Crippen LogP contribution in [0, 0.1) is 5.92 Å². The zero-order chi connectivity index (χ0) is 16.2. The number of benzene rings is 2. The quantitative estimate of drug-likeness (QED) is 0.885. The molecule has 1 saturated heterocycles. The van der Waals surface area contributed by atoms with Crippen LogP contribution in [0.4, 0.5) is 0 Å². The number of carbonyl (C=O) groups excluding carboxylic acids is 1. The number of rotatable bonds is 5. The maximum absolute atomic E-state index is 12.2. The monoisotopic (exact) mass is 313 g/mol. The number of fused-ring (bicyclic) bond motifs is 1. The fraction of sp³-hybridized carbons (Fsp3) is 0.333. The van der Waals surface area contributed by atoms with Gasteiger partial charge in [-0.1, -0.05) is 42.5 Å². The van der Waals surface area contributed by atoms with E-state index in [9.17, 15) is 14.7 Å². The van der Waals surface area contributed by atoms with Crippen molar-refractivity contribution in [2.24, 2.45) is 5.92 Å². The Morgan fingerprint density at radius 2 is 2.00 bits per heavy atom. The van der Waals surface area contributed by atoms with Crippen LogP contribution in [0.1, 0.15) is 12.0 Å². The first-order chi connectivity index (χ1) is 11.1. The number of carboxylic acid groups (broad SMARTS) is 1. The van der Waals surface area contributed by atoms with E-state index in [0.29, 0.717) is 19.6 Å². The summed E-state index contributed by atoms with van der Waals surface area (Å²) in [7, 11) is 0. The molecule has 0 saturated carbocycles. The molecule has 1 fully saturated rings. The van der Waals surface area contributed by atoms with Gasteiger partial charge in [-0.05, 0) is 22.8 Å². The SMILES string of the molecule is O=C(N[C@H](Cc1cccc2ccccc12)C(=O)O)[C@@H]1CCOC1. The summed E-state index contributed by atoms with van der Waals surface area (Å²) in [6.07, 6.45) is 0.905. The lowest BCUT2D eigenvalue weighted by Gasteiger charge is -2.18. The number of ether oxygens (including phenoxy) is 1. The molecule has 2 aromatic carbocycles. The molecule has 0 aliphatic carbocycles. The van der Waals surface area contributed by atoms with Gasteiger partial charge in [0.15, 0.2) is 0 Å². The van der Waals surface area contributed by atoms with Crippen molar-refractivity contribution < 1.29 is 19.4 Å². The van der Waals surface area contributed by atoms with Gasteiger partial charge in [0.25, 0.3) is 0 Å². The Morgan fingerprint density at radius 3 is 2.74 bits per heavy atom. The van der Waals surface area contributed by atoms with Gasteiger partial charge in [-0.25, -0.2) is 4.79 Å². The van der Waals surface area contributed by atoms with Crippen LogP contribution in [-0.4, -0.2) is 36.2 Å². The second-order valence-electron chi connectivity index (χ2n) is 5.80. The molecule has 2 aromatic rings. The lowest BCUT2D eigenvalue weighted by atomic mass is 9.98. The third-order valence-electron chi connectivity index (χ3n) is 4.22. The van der Waals surface area contributed by atoms with Crippen molar-refractivity contribution in [3.05, 3.63) is 48.0 Å². The van der Waals surface area contributed by atoms with Crippen LogP contribution in [0.5, 0.6) is 0 Å². The second kappa shape index (κ2) is 6.79. The van der Waals surface area contributed by atoms with Gasteiger partial charge in [0.2, 0.25) is 5.91 Å². The smallest absolute Gasteiger partial charge is 0.326 e. The summed E-state index contributed by atoms with van der Waals surface area (Å²) < 4.78 is 5.19. The van der Waals surface area contributed by atoms with Crippen molar-refractivity contribution in [1.29, 1.82) is 0 Å². The molecule has 2 atom stereocenters. The summed E-state index contributed by atoms with van der Waals surface area (Å²) in [5.74, 6) is -1.51. The zero-order valence-electron chi connectivity index (χ0n) is 12.7. The van der Waals surface area contributed by atoms with Crippen molar-refractivity contribution in [1.82, 2.24) is 5.32 Å². The van der Waals surface area contributed by atoms with Gasteiger partial charge < -0.3 is 15.2 Å². The molecule has 0 bridgehead atoms. The number of nitrogens with one attached hydrogen (secondary N) is 1. The second-order valence-corrected chi connectivity index (χ2v) is 5.80. The van der Waals surface area contributed by atoms with Crippen molar-refractivity contribution in [2.45, 2.75) is 18.9 Å². The summed E-state index contributed by atoms with van der Waals surface area (Å²) in [6.45, 7) is 0.922. The third kappa shape index (κ3) is 3.51. The lowest BCUT2D eigenvalue weighted by molar-refractivity contribution is -0.142. The molecule has 120 valence electrons. The van der Waals surface area contributed by atoms with E-state index < -0.39 is 12.0 Å². The molecule has 0 radical (unpaired) electrons. The first kappa shape index (κ1) is 15.5. The molecule has 1 amide bonds. The first-order valence-electron chi connectivity index (χ1n) is 7.72. The fourth-order valence-electron chi connectivity index (χ4n) is 2.92. The Labute approximate surface area is 134 Å². The average Bonchev–Trinajstić information content (AvgIpc) is 3.09. The van der Waals surface area contributed by atoms with E-state index in [1.165, 1.54) is 0 Å². The Morgan fingerprint density at radius 1 is 1.22 bits per heavy atom. The van der Waals surface area contributed by atoms with Gasteiger partial charge in [-0.15, -0.1) is 0 Å². The van der Waals surface area contributed by atoms with E-state index in [1.54, 1.807) is 0 Å². The summed E-state index contributed by atoms with van der Waals surface area (Å²) in [5, 5.41) is 14.2. The lowest BCUT2D eigenvalue weighted by Crippen LogP contribution is -2.45. The maximum atomic E-state index is 12.2. The van der Waals surface area contributed by atoms with E-state index in [1.807, 2.05) is 42.5 Å². The minimum absolute atomic E-state index is 0.241. The van der Waals surface area contributed by atoms with Gasteiger partial charge in [-0.2, -0.15) is 0 Å². The standard InChI is InChI=1S/C18H19NO4/c20-17(14-8-9-23-11-14)19-16(18(21)22)10-13-6-3-5-12-4-1-2-7-15(12)13/h1-7,14,16H,8-11H2,(H,19,20)(H,21,22)/t14-,16-/m1/s1. The average molecular weight is 313 g/mol. The molecular weight excluding hydrogens is 294 g/mol. The largest absolute Gasteiger partial charge is 0.480 e. The molecule has 5 heteroatoms. The predicted molar refractivity (Wildman–Crippen MR) is 86.1 cm³/mol. The van der Waals surface area contributed by atoms with Crippen LogP contribution >= 0.6 is 0 Å². The molecule has 2 N–H and O–H groups in total. The van der Waals surface area contributed by atoms with Gasteiger partial charge in [0.05, 0.1) is 12.5 Å². The Balaban J connectivity index is 1.78. The summed E-state index contributed by atoms with van der Waals surface area (Å²) in [6, 6.07) is 12.7. The maximum Gasteiger partial charge on any atom is 0.326 e. The number of amides is 1. The number of carboxylic acids is 1. The Kier molecular flexibility index (Phi) is 4.57. The van der Waals surface area contributed by atoms with Crippen LogP contribution in [0.25, 0.3) is 10.8 Å². The molecule has 5 nitrogen and oxygen atoms in total. The Hall–Kier alpha value is -2.40. The van der Waals surface area contributed by atoms with Crippen LogP contribution in [0.15, 0.2) is 42.5 Å². The van der Waals surface area contributed by atoms with Crippen LogP contribution < -0.4 is 5.32 Å². The van der Waals surface area contributed by atoms with Crippen molar-refractivity contribution in [2.75, 3.05) is 13.2 Å². The highest BCUT2D eigenvalue weighted by atomic mass is 16.5. The minimum Gasteiger partial charge on any atom is -0.480 e. The Bertz CT molecular complexity index is 717. The molecule has 1 aliphatic rings. The normalized spacial score (nSPS) is 18.7. The summed E-state index contributed by atoms with van der Waals surface area (Å²) in [5.41, 5.74) is 0.915. The van der Waals surface area contributed by atoms with Crippen LogP contribution in [0.2, 0.25) is 0 Å². The molecule has 0 spiro atoms. The van der Waals surface area contributed by atoms with Crippen LogP contribution in [0.3, 0.4) is 0 Å². The van der Waals surface area contributed by atoms with Crippen molar-refractivity contribution in [3.63, 3.8) is 0 Å². The highest BCUT2D eigenvalue weighted by molar-refractivity contribution is 5.88. The molecule has 1 heterocycles. The topological polar surface area (TPSA) is 75.6 Å². The number of carbonyl (C=O) groups is 2. The highest BCUT2D eigenvalue weighted by Crippen LogP contribution is 2.20. The molecule has 0 unspecified atom stereocenters. The molecule has 23 heavy (non-hydrogen) atoms. The molecule has 0 aromatic heterocycles. The number of aliphatic carboxylic acids is 1. The van der Waals surface area contributed by atoms with Gasteiger partial charge in [0, 0.05) is 13.0 Å². The first-order valence-corrected chi connectivity index (χ1v) is 7.72. The van der Waals surface area contributed by atoms with E-state index in [2.05, 4.69) is 5.32 Å². The van der Waals surface area contributed by atoms with E-state index in [4.69, 9.17) is 4.74 Å². The molecule has 1 aliphatic heterocycles. The van der Waals surface area contributed by atoms with Gasteiger partial charge in [0.1, 0.15) is 6.04 Å². The number of hydrogen-bond donors (Lipinski definition) is 2. The van der Waals surface area contributed by atoms with Gasteiger partial charge in [-0.3, -0.25) is 4.79 Å². The minimum atomic E-state index is -1.02. The summed E-state index contributed by atoms with van der Waals surface area (Å²) in [4.78, 5) is 23.7. The summed E-state index contributed by atoms with van der Waals surface area (Å²) >= 11 is 0. The third-order valence-corrected chi connectivity index (χ3v) is 4.22. The van der Waals surface area contributed by atoms with Crippen LogP contribution in [-0.2, 0) is 20.7 Å². The molecular formula is C18H19NO4. The number of hydrogen-bond acceptors (Lipinski definition) is 3. The predicted octanol–water partition coefficient (Wildman–Crippen LogP) is 1.99. The fourth-order valence-corrected chi connectivity index (χ4v) is 2.92. The van der Waals surface area contributed by atoms with E-state index in [0.717, 1.165) is 16.3 Å². The highest BCUT2D eigenvalue weighted by Gasteiger charge is 2.28. The van der Waals surface area contributed by atoms with E-state index in [-0.39, 0.29) is 18.2 Å². The van der Waals surface area contributed by atoms with E-state index >= 15 is 0 Å².